The predicted octanol–water partition coefficient (Wildman–Crippen LogP) is 2.72. The van der Waals surface area contributed by atoms with E-state index in [-0.39, 0.29) is 6.03 Å². The van der Waals surface area contributed by atoms with Crippen LogP contribution in [0.4, 0.5) is 10.5 Å². The van der Waals surface area contributed by atoms with E-state index in [1.165, 1.54) is 0 Å². The molecule has 0 aliphatic heterocycles. The fourth-order valence-corrected chi connectivity index (χ4v) is 1.86. The van der Waals surface area contributed by atoms with Crippen molar-refractivity contribution in [2.75, 3.05) is 25.1 Å². The number of aromatic nitrogens is 1. The van der Waals surface area contributed by atoms with Gasteiger partial charge in [0.25, 0.3) is 0 Å². The summed E-state index contributed by atoms with van der Waals surface area (Å²) < 4.78 is 5.20. The molecule has 5 heteroatoms. The molecule has 0 saturated carbocycles. The quantitative estimate of drug-likeness (QED) is 0.700. The first-order valence-electron chi connectivity index (χ1n) is 6.50. The molecule has 0 saturated heterocycles. The number of hydrogen-bond acceptors (Lipinski definition) is 2. The summed E-state index contributed by atoms with van der Waals surface area (Å²) in [6.07, 6.45) is 2.61. The van der Waals surface area contributed by atoms with Gasteiger partial charge >= 0.3 is 6.03 Å². The number of fused-ring (bicyclic) bond motifs is 1. The number of H-pyrrole nitrogens is 1. The highest BCUT2D eigenvalue weighted by molar-refractivity contribution is 6.00. The van der Waals surface area contributed by atoms with Crippen molar-refractivity contribution >= 4 is 22.6 Å². The Morgan fingerprint density at radius 3 is 3.05 bits per heavy atom. The highest BCUT2D eigenvalue weighted by Gasteiger charge is 2.06. The lowest BCUT2D eigenvalue weighted by Gasteiger charge is -2.06. The number of para-hydroxylation sites is 1. The van der Waals surface area contributed by atoms with E-state index in [4.69, 9.17) is 4.74 Å². The summed E-state index contributed by atoms with van der Waals surface area (Å²) in [7, 11) is 0. The average molecular weight is 261 g/mol. The van der Waals surface area contributed by atoms with E-state index in [2.05, 4.69) is 15.6 Å². The standard InChI is InChI=1S/C14H19N3O2/c1-2-19-9-5-8-15-14(18)17-13-10-16-12-7-4-3-6-11(12)13/h3-4,6-7,10,16H,2,5,8-9H2,1H3,(H2,15,17,18). The van der Waals surface area contributed by atoms with Crippen molar-refractivity contribution < 1.29 is 9.53 Å². The van der Waals surface area contributed by atoms with Crippen LogP contribution in [0.2, 0.25) is 0 Å². The summed E-state index contributed by atoms with van der Waals surface area (Å²) >= 11 is 0. The van der Waals surface area contributed by atoms with E-state index in [1.807, 2.05) is 31.2 Å². The largest absolute Gasteiger partial charge is 0.382 e. The molecule has 1 aromatic heterocycles. The minimum absolute atomic E-state index is 0.193. The summed E-state index contributed by atoms with van der Waals surface area (Å²) in [5.41, 5.74) is 1.80. The van der Waals surface area contributed by atoms with Crippen molar-refractivity contribution in [2.24, 2.45) is 0 Å². The number of amides is 2. The molecule has 0 bridgehead atoms. The minimum Gasteiger partial charge on any atom is -0.382 e. The molecule has 0 spiro atoms. The zero-order chi connectivity index (χ0) is 13.5. The summed E-state index contributed by atoms with van der Waals surface area (Å²) in [5.74, 6) is 0. The van der Waals surface area contributed by atoms with Gasteiger partial charge in [0.15, 0.2) is 0 Å². The van der Waals surface area contributed by atoms with E-state index in [9.17, 15) is 4.79 Å². The van der Waals surface area contributed by atoms with Crippen LogP contribution >= 0.6 is 0 Å². The van der Waals surface area contributed by atoms with Crippen molar-refractivity contribution in [3.8, 4) is 0 Å². The molecule has 102 valence electrons. The Kier molecular flexibility index (Phi) is 4.80. The van der Waals surface area contributed by atoms with Crippen LogP contribution in [0.5, 0.6) is 0 Å². The second-order valence-corrected chi connectivity index (χ2v) is 4.18. The van der Waals surface area contributed by atoms with Gasteiger partial charge in [0.05, 0.1) is 5.69 Å². The Labute approximate surface area is 112 Å². The fourth-order valence-electron chi connectivity index (χ4n) is 1.86. The number of carbonyl (C=O) groups is 1. The molecule has 0 aliphatic carbocycles. The van der Waals surface area contributed by atoms with Gasteiger partial charge in [0.2, 0.25) is 0 Å². The molecular weight excluding hydrogens is 242 g/mol. The van der Waals surface area contributed by atoms with E-state index in [0.717, 1.165) is 23.0 Å². The normalized spacial score (nSPS) is 10.6. The van der Waals surface area contributed by atoms with Gasteiger partial charge in [0.1, 0.15) is 0 Å². The number of aromatic amines is 1. The number of benzene rings is 1. The van der Waals surface area contributed by atoms with Gasteiger partial charge in [0, 0.05) is 36.9 Å². The molecule has 1 aromatic carbocycles. The Bertz CT molecular complexity index is 536. The molecule has 0 unspecified atom stereocenters. The summed E-state index contributed by atoms with van der Waals surface area (Å²) in [4.78, 5) is 14.8. The minimum atomic E-state index is -0.193. The maximum absolute atomic E-state index is 11.7. The highest BCUT2D eigenvalue weighted by atomic mass is 16.5. The van der Waals surface area contributed by atoms with Gasteiger partial charge < -0.3 is 20.4 Å². The number of urea groups is 1. The monoisotopic (exact) mass is 261 g/mol. The van der Waals surface area contributed by atoms with Crippen molar-refractivity contribution in [3.63, 3.8) is 0 Å². The number of carbonyl (C=O) groups excluding carboxylic acids is 1. The highest BCUT2D eigenvalue weighted by Crippen LogP contribution is 2.22. The number of nitrogens with one attached hydrogen (secondary N) is 3. The first-order chi connectivity index (χ1) is 9.31. The lowest BCUT2D eigenvalue weighted by molar-refractivity contribution is 0.145. The first kappa shape index (κ1) is 13.4. The second-order valence-electron chi connectivity index (χ2n) is 4.18. The molecule has 3 N–H and O–H groups in total. The topological polar surface area (TPSA) is 66.2 Å². The molecular formula is C14H19N3O2. The van der Waals surface area contributed by atoms with E-state index < -0.39 is 0 Å². The maximum atomic E-state index is 11.7. The van der Waals surface area contributed by atoms with Crippen molar-refractivity contribution in [1.29, 1.82) is 0 Å². The molecule has 2 rings (SSSR count). The van der Waals surface area contributed by atoms with Crippen LogP contribution in [0.25, 0.3) is 10.9 Å². The molecule has 19 heavy (non-hydrogen) atoms. The van der Waals surface area contributed by atoms with Crippen LogP contribution in [0.3, 0.4) is 0 Å². The van der Waals surface area contributed by atoms with Crippen molar-refractivity contribution in [2.45, 2.75) is 13.3 Å². The molecule has 0 radical (unpaired) electrons. The zero-order valence-corrected chi connectivity index (χ0v) is 11.0. The Balaban J connectivity index is 1.82. The van der Waals surface area contributed by atoms with E-state index in [1.54, 1.807) is 6.20 Å². The third kappa shape index (κ3) is 3.72. The second kappa shape index (κ2) is 6.80. The summed E-state index contributed by atoms with van der Waals surface area (Å²) in [5, 5.41) is 6.64. The maximum Gasteiger partial charge on any atom is 0.319 e. The SMILES string of the molecule is CCOCCCNC(=O)Nc1c[nH]c2ccccc12. The van der Waals surface area contributed by atoms with Gasteiger partial charge in [-0.1, -0.05) is 18.2 Å². The lowest BCUT2D eigenvalue weighted by atomic mass is 10.2. The number of anilines is 1. The first-order valence-corrected chi connectivity index (χ1v) is 6.50. The Morgan fingerprint density at radius 1 is 1.37 bits per heavy atom. The molecule has 0 aliphatic rings. The van der Waals surface area contributed by atoms with Gasteiger partial charge in [-0.25, -0.2) is 4.79 Å². The molecule has 5 nitrogen and oxygen atoms in total. The van der Waals surface area contributed by atoms with Gasteiger partial charge in [-0.3, -0.25) is 0 Å². The number of ether oxygens (including phenoxy) is 1. The van der Waals surface area contributed by atoms with Gasteiger partial charge in [-0.05, 0) is 19.4 Å². The van der Waals surface area contributed by atoms with Crippen LogP contribution < -0.4 is 10.6 Å². The lowest BCUT2D eigenvalue weighted by Crippen LogP contribution is -2.30. The molecule has 0 atom stereocenters. The third-order valence-electron chi connectivity index (χ3n) is 2.79. The number of hydrogen-bond donors (Lipinski definition) is 3. The summed E-state index contributed by atoms with van der Waals surface area (Å²) in [6.45, 7) is 3.94. The Morgan fingerprint density at radius 2 is 2.21 bits per heavy atom. The fraction of sp³-hybridized carbons (Fsp3) is 0.357. The summed E-state index contributed by atoms with van der Waals surface area (Å²) in [6, 6.07) is 7.65. The molecule has 1 heterocycles. The Hall–Kier alpha value is -2.01. The van der Waals surface area contributed by atoms with Crippen molar-refractivity contribution in [3.05, 3.63) is 30.5 Å². The van der Waals surface area contributed by atoms with Crippen molar-refractivity contribution in [1.82, 2.24) is 10.3 Å². The predicted molar refractivity (Wildman–Crippen MR) is 76.4 cm³/mol. The van der Waals surface area contributed by atoms with Crippen LogP contribution in [-0.4, -0.2) is 30.8 Å². The van der Waals surface area contributed by atoms with E-state index >= 15 is 0 Å². The van der Waals surface area contributed by atoms with Crippen LogP contribution in [0, 0.1) is 0 Å². The molecule has 2 aromatic rings. The van der Waals surface area contributed by atoms with Crippen LogP contribution in [0.1, 0.15) is 13.3 Å². The van der Waals surface area contributed by atoms with Crippen LogP contribution in [0.15, 0.2) is 30.5 Å². The average Bonchev–Trinajstić information content (AvgIpc) is 2.82. The molecule has 0 fully saturated rings. The zero-order valence-electron chi connectivity index (χ0n) is 11.0. The molecule has 2 amide bonds. The van der Waals surface area contributed by atoms with Gasteiger partial charge in [-0.2, -0.15) is 0 Å². The third-order valence-corrected chi connectivity index (χ3v) is 2.79. The van der Waals surface area contributed by atoms with E-state index in [0.29, 0.717) is 19.8 Å². The van der Waals surface area contributed by atoms with Crippen LogP contribution in [-0.2, 0) is 4.74 Å². The number of rotatable bonds is 6. The smallest absolute Gasteiger partial charge is 0.319 e. The van der Waals surface area contributed by atoms with Gasteiger partial charge in [-0.15, -0.1) is 0 Å².